The predicted octanol–water partition coefficient (Wildman–Crippen LogP) is 2.84. The lowest BCUT2D eigenvalue weighted by Crippen LogP contribution is -2.40. The van der Waals surface area contributed by atoms with Crippen molar-refractivity contribution < 1.29 is 9.53 Å². The summed E-state index contributed by atoms with van der Waals surface area (Å²) in [7, 11) is 0. The fraction of sp³-hybridized carbons (Fsp3) is 0.333. The summed E-state index contributed by atoms with van der Waals surface area (Å²) < 4.78 is 7.62. The van der Waals surface area contributed by atoms with Gasteiger partial charge in [0.15, 0.2) is 0 Å². The van der Waals surface area contributed by atoms with Crippen LogP contribution in [0.3, 0.4) is 0 Å². The second-order valence-electron chi connectivity index (χ2n) is 6.99. The maximum Gasteiger partial charge on any atom is 0.272 e. The van der Waals surface area contributed by atoms with Gasteiger partial charge in [0.2, 0.25) is 5.88 Å². The summed E-state index contributed by atoms with van der Waals surface area (Å²) >= 11 is 0. The highest BCUT2D eigenvalue weighted by atomic mass is 16.5. The van der Waals surface area contributed by atoms with Crippen molar-refractivity contribution in [3.63, 3.8) is 0 Å². The average Bonchev–Trinajstić information content (AvgIpc) is 3.08. The molecule has 1 fully saturated rings. The molecule has 4 rings (SSSR count). The Bertz CT molecular complexity index is 1040. The van der Waals surface area contributed by atoms with Crippen molar-refractivity contribution in [2.45, 2.75) is 19.8 Å². The lowest BCUT2D eigenvalue weighted by atomic mass is 9.97. The summed E-state index contributed by atoms with van der Waals surface area (Å²) in [4.78, 5) is 23.6. The third-order valence-electron chi connectivity index (χ3n) is 5.16. The van der Waals surface area contributed by atoms with Crippen molar-refractivity contribution in [1.82, 2.24) is 19.3 Å². The number of pyridine rings is 2. The molecule has 3 aromatic rings. The number of ether oxygens (including phenoxy) is 1. The number of amides is 1. The predicted molar refractivity (Wildman–Crippen MR) is 103 cm³/mol. The second-order valence-corrected chi connectivity index (χ2v) is 6.99. The number of carbonyl (C=O) groups is 1. The van der Waals surface area contributed by atoms with E-state index in [0.29, 0.717) is 42.8 Å². The number of fused-ring (bicyclic) bond motifs is 1. The van der Waals surface area contributed by atoms with Crippen molar-refractivity contribution in [3.05, 3.63) is 59.7 Å². The molecule has 1 aliphatic heterocycles. The Kier molecular flexibility index (Phi) is 4.94. The summed E-state index contributed by atoms with van der Waals surface area (Å²) in [6.07, 6.45) is 5.21. The molecular formula is C21H21N5O2. The van der Waals surface area contributed by atoms with Crippen molar-refractivity contribution in [2.24, 2.45) is 5.92 Å². The minimum atomic E-state index is 0.0204. The molecule has 0 N–H and O–H groups in total. The minimum Gasteiger partial charge on any atom is -0.476 e. The van der Waals surface area contributed by atoms with Crippen LogP contribution in [-0.2, 0) is 0 Å². The molecule has 0 atom stereocenters. The number of likely N-dealkylation sites (tertiary alicyclic amines) is 1. The van der Waals surface area contributed by atoms with Crippen molar-refractivity contribution >= 4 is 11.6 Å². The van der Waals surface area contributed by atoms with E-state index in [0.717, 1.165) is 24.2 Å². The molecule has 142 valence electrons. The van der Waals surface area contributed by atoms with Gasteiger partial charge in [0.1, 0.15) is 23.0 Å². The van der Waals surface area contributed by atoms with E-state index in [1.54, 1.807) is 18.3 Å². The van der Waals surface area contributed by atoms with Gasteiger partial charge in [0.05, 0.1) is 12.3 Å². The Labute approximate surface area is 163 Å². The topological polar surface area (TPSA) is 83.5 Å². The Hall–Kier alpha value is -3.40. The number of nitriles is 1. The quantitative estimate of drug-likeness (QED) is 0.700. The third kappa shape index (κ3) is 3.41. The average molecular weight is 375 g/mol. The fourth-order valence-electron chi connectivity index (χ4n) is 3.61. The van der Waals surface area contributed by atoms with Gasteiger partial charge >= 0.3 is 0 Å². The lowest BCUT2D eigenvalue weighted by Gasteiger charge is -2.31. The Morgan fingerprint density at radius 1 is 1.29 bits per heavy atom. The first-order valence-electron chi connectivity index (χ1n) is 9.38. The monoisotopic (exact) mass is 375 g/mol. The SMILES string of the molecule is Cc1nc2ccccn2c1C(=O)N1CCC(COc2ncccc2C#N)CC1. The summed E-state index contributed by atoms with van der Waals surface area (Å²) in [5, 5.41) is 9.12. The molecule has 1 saturated heterocycles. The molecule has 0 radical (unpaired) electrons. The minimum absolute atomic E-state index is 0.0204. The highest BCUT2D eigenvalue weighted by Gasteiger charge is 2.27. The summed E-state index contributed by atoms with van der Waals surface area (Å²) in [5.74, 6) is 0.734. The van der Waals surface area contributed by atoms with Gasteiger partial charge in [-0.3, -0.25) is 9.20 Å². The number of piperidine rings is 1. The van der Waals surface area contributed by atoms with Crippen LogP contribution in [-0.4, -0.2) is 44.9 Å². The summed E-state index contributed by atoms with van der Waals surface area (Å²) in [5.41, 5.74) is 2.62. The highest BCUT2D eigenvalue weighted by molar-refractivity contribution is 5.94. The maximum atomic E-state index is 13.1. The van der Waals surface area contributed by atoms with Crippen molar-refractivity contribution in [2.75, 3.05) is 19.7 Å². The first kappa shape index (κ1) is 18.0. The number of hydrogen-bond acceptors (Lipinski definition) is 5. The molecule has 28 heavy (non-hydrogen) atoms. The zero-order valence-electron chi connectivity index (χ0n) is 15.7. The van der Waals surface area contributed by atoms with Crippen LogP contribution in [0.25, 0.3) is 5.65 Å². The molecule has 0 unspecified atom stereocenters. The van der Waals surface area contributed by atoms with Gasteiger partial charge in [0, 0.05) is 25.5 Å². The van der Waals surface area contributed by atoms with E-state index in [-0.39, 0.29) is 5.91 Å². The van der Waals surface area contributed by atoms with Gasteiger partial charge < -0.3 is 9.64 Å². The molecule has 4 heterocycles. The standard InChI is InChI=1S/C21H21N5O2/c1-15-19(26-10-3-2-6-18(26)24-15)21(27)25-11-7-16(8-12-25)14-28-20-17(13-22)5-4-9-23-20/h2-6,9-10,16H,7-8,11-12,14H2,1H3. The summed E-state index contributed by atoms with van der Waals surface area (Å²) in [6.45, 7) is 3.74. The number of aromatic nitrogens is 3. The van der Waals surface area contributed by atoms with Crippen LogP contribution < -0.4 is 4.74 Å². The van der Waals surface area contributed by atoms with Gasteiger partial charge in [-0.25, -0.2) is 9.97 Å². The summed E-state index contributed by atoms with van der Waals surface area (Å²) in [6, 6.07) is 11.2. The first-order chi connectivity index (χ1) is 13.7. The lowest BCUT2D eigenvalue weighted by molar-refractivity contribution is 0.0651. The van der Waals surface area contributed by atoms with Gasteiger partial charge in [-0.1, -0.05) is 6.07 Å². The molecule has 7 nitrogen and oxygen atoms in total. The van der Waals surface area contributed by atoms with E-state index < -0.39 is 0 Å². The Morgan fingerprint density at radius 2 is 2.11 bits per heavy atom. The zero-order valence-corrected chi connectivity index (χ0v) is 15.7. The van der Waals surface area contributed by atoms with Crippen LogP contribution in [0.1, 0.15) is 34.6 Å². The maximum absolute atomic E-state index is 13.1. The third-order valence-corrected chi connectivity index (χ3v) is 5.16. The van der Waals surface area contributed by atoms with Crippen molar-refractivity contribution in [1.29, 1.82) is 5.26 Å². The molecule has 1 aliphatic rings. The number of nitrogens with zero attached hydrogens (tertiary/aromatic N) is 5. The van der Waals surface area contributed by atoms with Crippen molar-refractivity contribution in [3.8, 4) is 11.9 Å². The smallest absolute Gasteiger partial charge is 0.272 e. The molecule has 0 aromatic carbocycles. The number of hydrogen-bond donors (Lipinski definition) is 0. The molecule has 0 aliphatic carbocycles. The van der Waals surface area contributed by atoms with E-state index >= 15 is 0 Å². The van der Waals surface area contributed by atoms with Crippen LogP contribution in [0, 0.1) is 24.2 Å². The van der Waals surface area contributed by atoms with Crippen LogP contribution in [0.15, 0.2) is 42.7 Å². The molecule has 0 saturated carbocycles. The van der Waals surface area contributed by atoms with Gasteiger partial charge in [-0.2, -0.15) is 5.26 Å². The molecule has 0 spiro atoms. The normalized spacial score (nSPS) is 14.8. The zero-order chi connectivity index (χ0) is 19.5. The van der Waals surface area contributed by atoms with E-state index in [4.69, 9.17) is 10.00 Å². The molecule has 1 amide bonds. The first-order valence-corrected chi connectivity index (χ1v) is 9.38. The van der Waals surface area contributed by atoms with Gasteiger partial charge in [-0.15, -0.1) is 0 Å². The highest BCUT2D eigenvalue weighted by Crippen LogP contribution is 2.22. The Balaban J connectivity index is 1.38. The van der Waals surface area contributed by atoms with Crippen LogP contribution in [0.4, 0.5) is 0 Å². The number of imidazole rings is 1. The number of aryl methyl sites for hydroxylation is 1. The molecule has 3 aromatic heterocycles. The second kappa shape index (κ2) is 7.69. The largest absolute Gasteiger partial charge is 0.476 e. The number of carbonyl (C=O) groups excluding carboxylic acids is 1. The van der Waals surface area contributed by atoms with Gasteiger partial charge in [0.25, 0.3) is 5.91 Å². The van der Waals surface area contributed by atoms with E-state index in [1.807, 2.05) is 40.6 Å². The molecule has 7 heteroatoms. The van der Waals surface area contributed by atoms with Crippen LogP contribution in [0.2, 0.25) is 0 Å². The molecule has 0 bridgehead atoms. The van der Waals surface area contributed by atoms with E-state index in [2.05, 4.69) is 16.0 Å². The van der Waals surface area contributed by atoms with Gasteiger partial charge in [-0.05, 0) is 49.9 Å². The van der Waals surface area contributed by atoms with E-state index in [9.17, 15) is 4.79 Å². The van der Waals surface area contributed by atoms with E-state index in [1.165, 1.54) is 0 Å². The number of rotatable bonds is 4. The van der Waals surface area contributed by atoms with Crippen LogP contribution >= 0.6 is 0 Å². The fourth-order valence-corrected chi connectivity index (χ4v) is 3.61. The Morgan fingerprint density at radius 3 is 2.89 bits per heavy atom. The van der Waals surface area contributed by atoms with Crippen LogP contribution in [0.5, 0.6) is 5.88 Å². The molecular weight excluding hydrogens is 354 g/mol.